The molecule has 0 heterocycles. The summed E-state index contributed by atoms with van der Waals surface area (Å²) in [6, 6.07) is 11.5. The number of hydrogen-bond donors (Lipinski definition) is 0. The third-order valence-electron chi connectivity index (χ3n) is 6.09. The van der Waals surface area contributed by atoms with Crippen LogP contribution in [0.15, 0.2) is 48.0 Å². The van der Waals surface area contributed by atoms with Gasteiger partial charge in [0, 0.05) is 16.1 Å². The summed E-state index contributed by atoms with van der Waals surface area (Å²) in [6.45, 7) is 0.692. The van der Waals surface area contributed by atoms with Crippen molar-refractivity contribution in [3.05, 3.63) is 75.3 Å². The Balaban J connectivity index is 1.43. The van der Waals surface area contributed by atoms with Gasteiger partial charge in [0.1, 0.15) is 5.75 Å². The normalized spacial score (nSPS) is 16.9. The van der Waals surface area contributed by atoms with Crippen LogP contribution in [-0.4, -0.2) is 12.4 Å². The van der Waals surface area contributed by atoms with E-state index in [0.29, 0.717) is 11.6 Å². The quantitative estimate of drug-likeness (QED) is 0.306. The number of benzene rings is 2. The molecule has 4 rings (SSSR count). The van der Waals surface area contributed by atoms with Gasteiger partial charge in [-0.2, -0.15) is 0 Å². The molecular weight excluding hydrogens is 380 g/mol. The maximum absolute atomic E-state index is 13.1. The van der Waals surface area contributed by atoms with E-state index in [0.717, 1.165) is 53.7 Å². The molecule has 1 fully saturated rings. The van der Waals surface area contributed by atoms with Crippen molar-refractivity contribution in [2.45, 2.75) is 64.2 Å². The van der Waals surface area contributed by atoms with Crippen LogP contribution in [0.2, 0.25) is 5.02 Å². The number of fused-ring (bicyclic) bond motifs is 2. The van der Waals surface area contributed by atoms with Crippen LogP contribution in [0.1, 0.15) is 78.4 Å². The molecule has 29 heavy (non-hydrogen) atoms. The fourth-order valence-corrected chi connectivity index (χ4v) is 4.71. The molecule has 0 aliphatic heterocycles. The predicted octanol–water partition coefficient (Wildman–Crippen LogP) is 7.11. The second kappa shape index (κ2) is 9.63. The molecule has 0 unspecified atom stereocenters. The van der Waals surface area contributed by atoms with Crippen LogP contribution in [0.4, 0.5) is 0 Å². The van der Waals surface area contributed by atoms with Gasteiger partial charge in [-0.05, 0) is 98.9 Å². The largest absolute Gasteiger partial charge is 0.493 e. The molecule has 2 aliphatic carbocycles. The zero-order valence-electron chi connectivity index (χ0n) is 17.0. The molecule has 2 aromatic carbocycles. The number of carbonyl (C=O) groups is 1. The van der Waals surface area contributed by atoms with Crippen molar-refractivity contribution in [1.82, 2.24) is 0 Å². The van der Waals surface area contributed by atoms with E-state index >= 15 is 0 Å². The highest BCUT2D eigenvalue weighted by Crippen LogP contribution is 2.28. The zero-order chi connectivity index (χ0) is 20.1. The maximum Gasteiger partial charge on any atom is 0.193 e. The Hall–Kier alpha value is -2.06. The second-order valence-corrected chi connectivity index (χ2v) is 8.65. The molecule has 2 nitrogen and oxygen atoms in total. The van der Waals surface area contributed by atoms with Crippen LogP contribution in [0.5, 0.6) is 5.75 Å². The van der Waals surface area contributed by atoms with Gasteiger partial charge in [0.15, 0.2) is 5.78 Å². The summed E-state index contributed by atoms with van der Waals surface area (Å²) in [5.41, 5.74) is 5.32. The molecule has 0 radical (unpaired) electrons. The molecular formula is C26H29ClO2. The number of rotatable bonds is 4. The molecule has 152 valence electrons. The van der Waals surface area contributed by atoms with Gasteiger partial charge in [0.2, 0.25) is 0 Å². The lowest BCUT2D eigenvalue weighted by Gasteiger charge is -2.17. The van der Waals surface area contributed by atoms with Crippen LogP contribution < -0.4 is 4.74 Å². The molecule has 0 aromatic heterocycles. The van der Waals surface area contributed by atoms with Crippen LogP contribution in [0.25, 0.3) is 0 Å². The second-order valence-electron chi connectivity index (χ2n) is 8.22. The number of ether oxygens (including phenoxy) is 1. The van der Waals surface area contributed by atoms with Gasteiger partial charge in [-0.25, -0.2) is 0 Å². The highest BCUT2D eigenvalue weighted by Gasteiger charge is 2.20. The lowest BCUT2D eigenvalue weighted by atomic mass is 9.88. The number of hydrogen-bond acceptors (Lipinski definition) is 2. The van der Waals surface area contributed by atoms with Crippen molar-refractivity contribution in [3.63, 3.8) is 0 Å². The number of allylic oxidation sites excluding steroid dienone is 1. The van der Waals surface area contributed by atoms with Crippen molar-refractivity contribution in [2.24, 2.45) is 0 Å². The van der Waals surface area contributed by atoms with E-state index < -0.39 is 0 Å². The molecule has 1 saturated carbocycles. The van der Waals surface area contributed by atoms with Gasteiger partial charge in [0.25, 0.3) is 0 Å². The molecule has 0 atom stereocenters. The lowest BCUT2D eigenvalue weighted by Crippen LogP contribution is -2.12. The monoisotopic (exact) mass is 408 g/mol. The van der Waals surface area contributed by atoms with E-state index in [1.165, 1.54) is 38.5 Å². The summed E-state index contributed by atoms with van der Waals surface area (Å²) in [7, 11) is 0. The first-order valence-electron chi connectivity index (χ1n) is 11.0. The van der Waals surface area contributed by atoms with Crippen molar-refractivity contribution < 1.29 is 9.53 Å². The van der Waals surface area contributed by atoms with Crippen molar-refractivity contribution in [1.29, 1.82) is 0 Å². The van der Waals surface area contributed by atoms with Gasteiger partial charge >= 0.3 is 0 Å². The molecule has 2 aromatic rings. The molecule has 2 aliphatic rings. The van der Waals surface area contributed by atoms with Gasteiger partial charge in [0.05, 0.1) is 6.61 Å². The van der Waals surface area contributed by atoms with E-state index in [1.54, 1.807) is 11.6 Å². The van der Waals surface area contributed by atoms with Crippen LogP contribution >= 0.6 is 11.6 Å². The minimum absolute atomic E-state index is 0.0935. The molecule has 0 bridgehead atoms. The first-order chi connectivity index (χ1) is 14.2. The van der Waals surface area contributed by atoms with E-state index in [1.807, 2.05) is 24.3 Å². The standard InChI is InChI=1S/C26H29ClO2/c27-22-12-14-24-20(17-22)10-5-11-21-18-23(13-15-25(21)26(24)28)29-16-6-9-19-7-3-1-2-4-8-19/h9,12-15,17-18H,1-8,10-11,16H2. The summed E-state index contributed by atoms with van der Waals surface area (Å²) in [5.74, 6) is 0.962. The summed E-state index contributed by atoms with van der Waals surface area (Å²) < 4.78 is 6.01. The van der Waals surface area contributed by atoms with Crippen LogP contribution in [0.3, 0.4) is 0 Å². The summed E-state index contributed by atoms with van der Waals surface area (Å²) in [6.07, 6.45) is 14.0. The Morgan fingerprint density at radius 1 is 0.828 bits per heavy atom. The molecule has 0 spiro atoms. The first-order valence-corrected chi connectivity index (χ1v) is 11.4. The summed E-state index contributed by atoms with van der Waals surface area (Å²) >= 11 is 6.13. The summed E-state index contributed by atoms with van der Waals surface area (Å²) in [5, 5.41) is 0.694. The van der Waals surface area contributed by atoms with Gasteiger partial charge in [-0.3, -0.25) is 4.79 Å². The minimum Gasteiger partial charge on any atom is -0.493 e. The molecule has 3 heteroatoms. The molecule has 0 saturated heterocycles. The Morgan fingerprint density at radius 3 is 2.28 bits per heavy atom. The smallest absolute Gasteiger partial charge is 0.193 e. The summed E-state index contributed by atoms with van der Waals surface area (Å²) in [4.78, 5) is 13.1. The Labute approximate surface area is 178 Å². The Morgan fingerprint density at radius 2 is 1.52 bits per heavy atom. The Kier molecular flexibility index (Phi) is 6.71. The van der Waals surface area contributed by atoms with Crippen LogP contribution in [0, 0.1) is 0 Å². The highest BCUT2D eigenvalue weighted by atomic mass is 35.5. The van der Waals surface area contributed by atoms with E-state index in [9.17, 15) is 4.79 Å². The van der Waals surface area contributed by atoms with Gasteiger partial charge < -0.3 is 4.74 Å². The number of halogens is 1. The Bertz CT molecular complexity index is 903. The average Bonchev–Trinajstić information content (AvgIpc) is 2.99. The number of carbonyl (C=O) groups excluding carboxylic acids is 1. The third kappa shape index (κ3) is 5.11. The molecule has 0 N–H and O–H groups in total. The SMILES string of the molecule is O=C1c2ccc(Cl)cc2CCCc2cc(OCCC=C3CCCCCC3)ccc21. The highest BCUT2D eigenvalue weighted by molar-refractivity contribution is 6.30. The third-order valence-corrected chi connectivity index (χ3v) is 6.33. The minimum atomic E-state index is 0.0935. The fraction of sp³-hybridized carbons (Fsp3) is 0.423. The van der Waals surface area contributed by atoms with Crippen molar-refractivity contribution in [2.75, 3.05) is 6.61 Å². The van der Waals surface area contributed by atoms with E-state index in [-0.39, 0.29) is 5.78 Å². The van der Waals surface area contributed by atoms with E-state index in [2.05, 4.69) is 12.1 Å². The number of aryl methyl sites for hydroxylation is 2. The average molecular weight is 409 g/mol. The lowest BCUT2D eigenvalue weighted by molar-refractivity contribution is 0.103. The van der Waals surface area contributed by atoms with Crippen LogP contribution in [-0.2, 0) is 12.8 Å². The maximum atomic E-state index is 13.1. The number of ketones is 1. The predicted molar refractivity (Wildman–Crippen MR) is 119 cm³/mol. The molecule has 0 amide bonds. The topological polar surface area (TPSA) is 26.3 Å². The van der Waals surface area contributed by atoms with E-state index in [4.69, 9.17) is 16.3 Å². The fourth-order valence-electron chi connectivity index (χ4n) is 4.52. The first kappa shape index (κ1) is 20.2. The zero-order valence-corrected chi connectivity index (χ0v) is 17.8. The van der Waals surface area contributed by atoms with Crippen molar-refractivity contribution in [3.8, 4) is 5.75 Å². The van der Waals surface area contributed by atoms with Gasteiger partial charge in [-0.15, -0.1) is 0 Å². The van der Waals surface area contributed by atoms with Gasteiger partial charge in [-0.1, -0.05) is 36.1 Å². The van der Waals surface area contributed by atoms with Crippen molar-refractivity contribution >= 4 is 17.4 Å².